The number of amides is 3. The van der Waals surface area contributed by atoms with Gasteiger partial charge in [0.05, 0.1) is 22.5 Å². The first-order valence-electron chi connectivity index (χ1n) is 10.3. The van der Waals surface area contributed by atoms with E-state index in [1.54, 1.807) is 30.3 Å². The smallest absolute Gasteiger partial charge is 0.339 e. The van der Waals surface area contributed by atoms with Gasteiger partial charge in [-0.25, -0.2) is 0 Å². The normalized spacial score (nSPS) is 20.5. The van der Waals surface area contributed by atoms with Gasteiger partial charge in [-0.3, -0.25) is 19.7 Å². The lowest BCUT2D eigenvalue weighted by Gasteiger charge is -2.40. The van der Waals surface area contributed by atoms with Crippen LogP contribution < -0.4 is 5.32 Å². The first kappa shape index (κ1) is 23.8. The number of alkyl halides is 6. The van der Waals surface area contributed by atoms with Crippen molar-refractivity contribution in [3.63, 3.8) is 0 Å². The van der Waals surface area contributed by atoms with Crippen molar-refractivity contribution in [3.05, 3.63) is 70.8 Å². The third-order valence-electron chi connectivity index (χ3n) is 6.41. The standard InChI is InChI=1S/C23H18F6N2O3/c24-22(25,26)15-10-14(11-16(12-15)23(27,28)29)19(33)31-8-6-21(7-9-31)17(18(32)30-20(21)34)13-4-2-1-3-5-13/h1-5,10-12,17H,6-9H2,(H,30,32,34). The van der Waals surface area contributed by atoms with Crippen molar-refractivity contribution >= 4 is 17.7 Å². The molecule has 34 heavy (non-hydrogen) atoms. The summed E-state index contributed by atoms with van der Waals surface area (Å²) in [5.74, 6) is -2.79. The summed E-state index contributed by atoms with van der Waals surface area (Å²) >= 11 is 0. The van der Waals surface area contributed by atoms with Crippen LogP contribution in [-0.2, 0) is 21.9 Å². The number of benzene rings is 2. The van der Waals surface area contributed by atoms with E-state index < -0.39 is 58.1 Å². The Labute approximate surface area is 189 Å². The van der Waals surface area contributed by atoms with Crippen LogP contribution >= 0.6 is 0 Å². The Morgan fingerprint density at radius 2 is 1.41 bits per heavy atom. The number of nitrogens with zero attached hydrogens (tertiary/aromatic N) is 1. The minimum atomic E-state index is -5.08. The molecular weight excluding hydrogens is 466 g/mol. The number of hydrogen-bond acceptors (Lipinski definition) is 3. The summed E-state index contributed by atoms with van der Waals surface area (Å²) < 4.78 is 78.9. The second kappa shape index (κ2) is 8.14. The van der Waals surface area contributed by atoms with Gasteiger partial charge in [-0.05, 0) is 36.6 Å². The van der Waals surface area contributed by atoms with Gasteiger partial charge in [-0.2, -0.15) is 26.3 Å². The Morgan fingerprint density at radius 1 is 0.882 bits per heavy atom. The molecule has 11 heteroatoms. The Bertz CT molecular complexity index is 1100. The van der Waals surface area contributed by atoms with Crippen molar-refractivity contribution in [3.8, 4) is 0 Å². The van der Waals surface area contributed by atoms with Crippen molar-refractivity contribution in [2.24, 2.45) is 5.41 Å². The summed E-state index contributed by atoms with van der Waals surface area (Å²) in [6.45, 7) is -0.221. The molecule has 2 aromatic rings. The van der Waals surface area contributed by atoms with E-state index in [1.807, 2.05) is 0 Å². The number of carbonyl (C=O) groups excluding carboxylic acids is 3. The minimum absolute atomic E-state index is 0.0287. The van der Waals surface area contributed by atoms with Gasteiger partial charge in [0.1, 0.15) is 0 Å². The highest BCUT2D eigenvalue weighted by atomic mass is 19.4. The Balaban J connectivity index is 1.61. The van der Waals surface area contributed by atoms with Crippen LogP contribution in [0.4, 0.5) is 26.3 Å². The number of rotatable bonds is 2. The number of piperidine rings is 1. The molecule has 0 radical (unpaired) electrons. The van der Waals surface area contributed by atoms with E-state index in [2.05, 4.69) is 5.32 Å². The molecule has 5 nitrogen and oxygen atoms in total. The third-order valence-corrected chi connectivity index (χ3v) is 6.41. The Kier molecular flexibility index (Phi) is 5.69. The summed E-state index contributed by atoms with van der Waals surface area (Å²) in [5, 5.41) is 2.32. The maximum absolute atomic E-state index is 13.2. The van der Waals surface area contributed by atoms with Crippen LogP contribution in [0.5, 0.6) is 0 Å². The van der Waals surface area contributed by atoms with E-state index in [1.165, 1.54) is 0 Å². The summed E-state index contributed by atoms with van der Waals surface area (Å²) in [6, 6.07) is 9.30. The maximum Gasteiger partial charge on any atom is 0.416 e. The predicted octanol–water partition coefficient (Wildman–Crippen LogP) is 4.39. The maximum atomic E-state index is 13.2. The molecule has 0 bridgehead atoms. The number of imide groups is 1. The summed E-state index contributed by atoms with van der Waals surface area (Å²) in [5.41, 5.74) is -4.45. The monoisotopic (exact) mass is 484 g/mol. The molecule has 180 valence electrons. The Morgan fingerprint density at radius 3 is 1.91 bits per heavy atom. The van der Waals surface area contributed by atoms with Gasteiger partial charge >= 0.3 is 12.4 Å². The summed E-state index contributed by atoms with van der Waals surface area (Å²) in [4.78, 5) is 39.2. The van der Waals surface area contributed by atoms with Crippen LogP contribution in [0.15, 0.2) is 48.5 Å². The van der Waals surface area contributed by atoms with E-state index in [0.29, 0.717) is 17.7 Å². The fraction of sp³-hybridized carbons (Fsp3) is 0.348. The fourth-order valence-electron chi connectivity index (χ4n) is 4.69. The lowest BCUT2D eigenvalue weighted by Crippen LogP contribution is -2.48. The average Bonchev–Trinajstić information content (AvgIpc) is 3.01. The summed E-state index contributed by atoms with van der Waals surface area (Å²) in [7, 11) is 0. The fourth-order valence-corrected chi connectivity index (χ4v) is 4.69. The van der Waals surface area contributed by atoms with E-state index >= 15 is 0 Å². The van der Waals surface area contributed by atoms with Crippen molar-refractivity contribution in [2.75, 3.05) is 13.1 Å². The quantitative estimate of drug-likeness (QED) is 0.508. The third kappa shape index (κ3) is 4.14. The molecule has 1 N–H and O–H groups in total. The predicted molar refractivity (Wildman–Crippen MR) is 106 cm³/mol. The highest BCUT2D eigenvalue weighted by molar-refractivity contribution is 6.10. The second-order valence-electron chi connectivity index (χ2n) is 8.40. The zero-order valence-electron chi connectivity index (χ0n) is 17.5. The zero-order chi connectivity index (χ0) is 24.9. The minimum Gasteiger partial charge on any atom is -0.339 e. The van der Waals surface area contributed by atoms with Gasteiger partial charge in [-0.15, -0.1) is 0 Å². The highest BCUT2D eigenvalue weighted by Crippen LogP contribution is 2.48. The highest BCUT2D eigenvalue weighted by Gasteiger charge is 2.56. The van der Waals surface area contributed by atoms with E-state index in [0.717, 1.165) is 4.90 Å². The molecule has 2 fully saturated rings. The topological polar surface area (TPSA) is 66.5 Å². The number of hydrogen-bond donors (Lipinski definition) is 1. The lowest BCUT2D eigenvalue weighted by atomic mass is 9.67. The van der Waals surface area contributed by atoms with Gasteiger partial charge < -0.3 is 4.90 Å². The van der Waals surface area contributed by atoms with Crippen LogP contribution in [-0.4, -0.2) is 35.7 Å². The molecule has 0 saturated carbocycles. The first-order chi connectivity index (χ1) is 15.8. The molecular formula is C23H18F6N2O3. The molecule has 1 atom stereocenters. The second-order valence-corrected chi connectivity index (χ2v) is 8.40. The Hall–Kier alpha value is -3.37. The number of nitrogens with one attached hydrogen (secondary N) is 1. The first-order valence-corrected chi connectivity index (χ1v) is 10.3. The molecule has 0 aliphatic carbocycles. The molecule has 2 saturated heterocycles. The zero-order valence-corrected chi connectivity index (χ0v) is 17.5. The van der Waals surface area contributed by atoms with Crippen molar-refractivity contribution in [1.82, 2.24) is 10.2 Å². The van der Waals surface area contributed by atoms with Crippen molar-refractivity contribution in [1.29, 1.82) is 0 Å². The number of carbonyl (C=O) groups is 3. The molecule has 4 rings (SSSR count). The van der Waals surface area contributed by atoms with Crippen molar-refractivity contribution in [2.45, 2.75) is 31.1 Å². The number of halogens is 6. The van der Waals surface area contributed by atoms with Gasteiger partial charge in [0, 0.05) is 18.7 Å². The molecule has 2 aromatic carbocycles. The molecule has 0 aromatic heterocycles. The van der Waals surface area contributed by atoms with Crippen molar-refractivity contribution < 1.29 is 40.7 Å². The van der Waals surface area contributed by atoms with E-state index in [4.69, 9.17) is 0 Å². The molecule has 3 amide bonds. The van der Waals surface area contributed by atoms with Crippen LogP contribution in [0.2, 0.25) is 0 Å². The number of likely N-dealkylation sites (tertiary alicyclic amines) is 1. The molecule has 2 aliphatic heterocycles. The van der Waals surface area contributed by atoms with E-state index in [9.17, 15) is 40.7 Å². The molecule has 2 heterocycles. The van der Waals surface area contributed by atoms with E-state index in [-0.39, 0.29) is 32.0 Å². The largest absolute Gasteiger partial charge is 0.416 e. The molecule has 1 spiro atoms. The van der Waals surface area contributed by atoms with Crippen LogP contribution in [0.1, 0.15) is 45.8 Å². The average molecular weight is 484 g/mol. The van der Waals surface area contributed by atoms with Gasteiger partial charge in [0.25, 0.3) is 5.91 Å². The van der Waals surface area contributed by atoms with Gasteiger partial charge in [0.2, 0.25) is 11.8 Å². The van der Waals surface area contributed by atoms with Crippen LogP contribution in [0.25, 0.3) is 0 Å². The van der Waals surface area contributed by atoms with Crippen LogP contribution in [0.3, 0.4) is 0 Å². The summed E-state index contributed by atoms with van der Waals surface area (Å²) in [6.07, 6.45) is -10.1. The van der Waals surface area contributed by atoms with Gasteiger partial charge in [0.15, 0.2) is 0 Å². The lowest BCUT2D eigenvalue weighted by molar-refractivity contribution is -0.143. The molecule has 1 unspecified atom stereocenters. The SMILES string of the molecule is O=C1NC(=O)C2(CCN(C(=O)c3cc(C(F)(F)F)cc(C(F)(F)F)c3)CC2)C1c1ccccc1. The van der Waals surface area contributed by atoms with Crippen LogP contribution in [0, 0.1) is 5.41 Å². The van der Waals surface area contributed by atoms with Gasteiger partial charge in [-0.1, -0.05) is 30.3 Å². The molecule has 2 aliphatic rings.